The molecule has 1 rings (SSSR count). The fraction of sp³-hybridized carbons (Fsp3) is 0.200. The van der Waals surface area contributed by atoms with Crippen LogP contribution in [0.5, 0.6) is 0 Å². The molecule has 0 aromatic heterocycles. The van der Waals surface area contributed by atoms with Crippen molar-refractivity contribution >= 4 is 0 Å². The smallest absolute Gasteiger partial charge is 0.321 e. The first-order chi connectivity index (χ1) is 6.86. The molecule has 1 nitrogen and oxygen atoms in total. The molecule has 15 heavy (non-hydrogen) atoms. The summed E-state index contributed by atoms with van der Waals surface area (Å²) >= 11 is 0. The van der Waals surface area contributed by atoms with Crippen molar-refractivity contribution in [3.05, 3.63) is 47.8 Å². The van der Waals surface area contributed by atoms with Crippen LogP contribution in [0, 0.1) is 5.82 Å². The van der Waals surface area contributed by atoms with E-state index >= 15 is 0 Å². The third kappa shape index (κ3) is 2.56. The average Bonchev–Trinajstić information content (AvgIpc) is 2.14. The summed E-state index contributed by atoms with van der Waals surface area (Å²) in [5.74, 6) is -0.754. The summed E-state index contributed by atoms with van der Waals surface area (Å²) in [5, 5.41) is 0. The van der Waals surface area contributed by atoms with E-state index in [0.29, 0.717) is 6.07 Å². The first-order valence-electron chi connectivity index (χ1n) is 4.11. The zero-order valence-electron chi connectivity index (χ0n) is 7.68. The van der Waals surface area contributed by atoms with Crippen molar-refractivity contribution in [2.75, 3.05) is 0 Å². The highest BCUT2D eigenvalue weighted by atomic mass is 19.4. The second-order valence-electron chi connectivity index (χ2n) is 2.99. The van der Waals surface area contributed by atoms with Crippen LogP contribution in [-0.2, 0) is 6.18 Å². The van der Waals surface area contributed by atoms with Crippen molar-refractivity contribution in [1.29, 1.82) is 0 Å². The second kappa shape index (κ2) is 4.02. The fourth-order valence-corrected chi connectivity index (χ4v) is 1.19. The standard InChI is InChI=1S/C10H9F4N/c1-2-9(15)7-5-6(11)3-4-8(7)10(12,13)14/h2-5,9H,1,15H2. The van der Waals surface area contributed by atoms with E-state index in [0.717, 1.165) is 18.2 Å². The molecule has 0 aliphatic carbocycles. The van der Waals surface area contributed by atoms with Gasteiger partial charge in [-0.25, -0.2) is 4.39 Å². The number of rotatable bonds is 2. The molecule has 0 aliphatic rings. The van der Waals surface area contributed by atoms with Gasteiger partial charge in [0.05, 0.1) is 5.56 Å². The van der Waals surface area contributed by atoms with Crippen LogP contribution in [-0.4, -0.2) is 0 Å². The van der Waals surface area contributed by atoms with Gasteiger partial charge >= 0.3 is 6.18 Å². The molecule has 0 saturated heterocycles. The normalized spacial score (nSPS) is 13.7. The molecule has 0 saturated carbocycles. The van der Waals surface area contributed by atoms with Crippen molar-refractivity contribution < 1.29 is 17.6 Å². The average molecular weight is 219 g/mol. The summed E-state index contributed by atoms with van der Waals surface area (Å²) < 4.78 is 50.2. The largest absolute Gasteiger partial charge is 0.416 e. The van der Waals surface area contributed by atoms with E-state index < -0.39 is 23.6 Å². The zero-order valence-corrected chi connectivity index (χ0v) is 7.68. The number of nitrogens with two attached hydrogens (primary N) is 1. The molecule has 1 aromatic rings. The Hall–Kier alpha value is -1.36. The van der Waals surface area contributed by atoms with Gasteiger partial charge in [-0.2, -0.15) is 13.2 Å². The quantitative estimate of drug-likeness (QED) is 0.600. The predicted molar refractivity (Wildman–Crippen MR) is 48.5 cm³/mol. The van der Waals surface area contributed by atoms with Gasteiger partial charge in [-0.1, -0.05) is 6.08 Å². The van der Waals surface area contributed by atoms with Crippen molar-refractivity contribution in [2.45, 2.75) is 12.2 Å². The summed E-state index contributed by atoms with van der Waals surface area (Å²) in [6.45, 7) is 3.28. The Labute approximate surface area is 84.2 Å². The predicted octanol–water partition coefficient (Wildman–Crippen LogP) is 3.03. The molecule has 0 radical (unpaired) electrons. The van der Waals surface area contributed by atoms with Gasteiger partial charge in [0.2, 0.25) is 0 Å². The molecule has 0 bridgehead atoms. The third-order valence-electron chi connectivity index (χ3n) is 1.93. The molecular formula is C10H9F4N. The Morgan fingerprint density at radius 1 is 1.33 bits per heavy atom. The van der Waals surface area contributed by atoms with Crippen LogP contribution >= 0.6 is 0 Å². The van der Waals surface area contributed by atoms with Crippen LogP contribution in [0.2, 0.25) is 0 Å². The number of hydrogen-bond acceptors (Lipinski definition) is 1. The van der Waals surface area contributed by atoms with Crippen molar-refractivity contribution in [1.82, 2.24) is 0 Å². The van der Waals surface area contributed by atoms with E-state index in [9.17, 15) is 17.6 Å². The van der Waals surface area contributed by atoms with Gasteiger partial charge in [0.25, 0.3) is 0 Å². The first-order valence-corrected chi connectivity index (χ1v) is 4.11. The molecule has 1 unspecified atom stereocenters. The highest BCUT2D eigenvalue weighted by Gasteiger charge is 2.34. The van der Waals surface area contributed by atoms with Crippen LogP contribution < -0.4 is 5.73 Å². The van der Waals surface area contributed by atoms with E-state index in [-0.39, 0.29) is 5.56 Å². The van der Waals surface area contributed by atoms with Crippen LogP contribution in [0.25, 0.3) is 0 Å². The lowest BCUT2D eigenvalue weighted by Crippen LogP contribution is -2.16. The van der Waals surface area contributed by atoms with Gasteiger partial charge in [-0.05, 0) is 23.8 Å². The maximum atomic E-state index is 12.8. The zero-order chi connectivity index (χ0) is 11.6. The minimum absolute atomic E-state index is 0.308. The first kappa shape index (κ1) is 11.7. The lowest BCUT2D eigenvalue weighted by atomic mass is 10.0. The van der Waals surface area contributed by atoms with Crippen molar-refractivity contribution in [3.8, 4) is 0 Å². The fourth-order valence-electron chi connectivity index (χ4n) is 1.19. The molecule has 5 heteroatoms. The van der Waals surface area contributed by atoms with E-state index in [4.69, 9.17) is 5.73 Å². The van der Waals surface area contributed by atoms with E-state index in [1.54, 1.807) is 0 Å². The van der Waals surface area contributed by atoms with Crippen LogP contribution in [0.4, 0.5) is 17.6 Å². The molecule has 1 atom stereocenters. The lowest BCUT2D eigenvalue weighted by Gasteiger charge is -2.15. The summed E-state index contributed by atoms with van der Waals surface area (Å²) in [6, 6.07) is 1.17. The number of halogens is 4. The van der Waals surface area contributed by atoms with Crippen LogP contribution in [0.1, 0.15) is 17.2 Å². The van der Waals surface area contributed by atoms with Gasteiger partial charge in [-0.3, -0.25) is 0 Å². The maximum absolute atomic E-state index is 12.8. The van der Waals surface area contributed by atoms with Crippen molar-refractivity contribution in [3.63, 3.8) is 0 Å². The monoisotopic (exact) mass is 219 g/mol. The summed E-state index contributed by atoms with van der Waals surface area (Å²) in [6.07, 6.45) is -3.41. The molecule has 0 spiro atoms. The van der Waals surface area contributed by atoms with Gasteiger partial charge in [0.1, 0.15) is 5.82 Å². The Morgan fingerprint density at radius 3 is 2.40 bits per heavy atom. The number of benzene rings is 1. The topological polar surface area (TPSA) is 26.0 Å². The van der Waals surface area contributed by atoms with Gasteiger partial charge in [-0.15, -0.1) is 6.58 Å². The van der Waals surface area contributed by atoms with Crippen molar-refractivity contribution in [2.24, 2.45) is 5.73 Å². The summed E-state index contributed by atoms with van der Waals surface area (Å²) in [4.78, 5) is 0. The van der Waals surface area contributed by atoms with E-state index in [1.807, 2.05) is 0 Å². The molecule has 0 amide bonds. The molecule has 82 valence electrons. The van der Waals surface area contributed by atoms with Gasteiger partial charge in [0, 0.05) is 6.04 Å². The Balaban J connectivity index is 3.33. The molecule has 0 fully saturated rings. The molecule has 2 N–H and O–H groups in total. The molecular weight excluding hydrogens is 210 g/mol. The van der Waals surface area contributed by atoms with E-state index in [2.05, 4.69) is 6.58 Å². The van der Waals surface area contributed by atoms with Crippen LogP contribution in [0.3, 0.4) is 0 Å². The van der Waals surface area contributed by atoms with Crippen LogP contribution in [0.15, 0.2) is 30.9 Å². The minimum atomic E-state index is -4.54. The second-order valence-corrected chi connectivity index (χ2v) is 2.99. The van der Waals surface area contributed by atoms with Gasteiger partial charge < -0.3 is 5.73 Å². The number of hydrogen-bond donors (Lipinski definition) is 1. The summed E-state index contributed by atoms with van der Waals surface area (Å²) in [7, 11) is 0. The summed E-state index contributed by atoms with van der Waals surface area (Å²) in [5.41, 5.74) is 4.13. The maximum Gasteiger partial charge on any atom is 0.416 e. The highest BCUT2D eigenvalue weighted by molar-refractivity contribution is 5.34. The Kier molecular flexibility index (Phi) is 3.14. The molecule has 0 heterocycles. The SMILES string of the molecule is C=CC(N)c1cc(F)ccc1C(F)(F)F. The molecule has 1 aromatic carbocycles. The third-order valence-corrected chi connectivity index (χ3v) is 1.93. The Bertz CT molecular complexity index is 370. The highest BCUT2D eigenvalue weighted by Crippen LogP contribution is 2.34. The number of alkyl halides is 3. The Morgan fingerprint density at radius 2 is 1.93 bits per heavy atom. The van der Waals surface area contributed by atoms with E-state index in [1.165, 1.54) is 0 Å². The minimum Gasteiger partial charge on any atom is -0.321 e. The molecule has 0 aliphatic heterocycles. The van der Waals surface area contributed by atoms with Gasteiger partial charge in [0.15, 0.2) is 0 Å². The lowest BCUT2D eigenvalue weighted by molar-refractivity contribution is -0.138.